The fraction of sp³-hybridized carbons (Fsp3) is 0.412. The molecule has 3 nitrogen and oxygen atoms in total. The Hall–Kier alpha value is -1.36. The molecule has 0 aliphatic heterocycles. The first-order valence-corrected chi connectivity index (χ1v) is 8.23. The monoisotopic (exact) mass is 304 g/mol. The van der Waals surface area contributed by atoms with Crippen LogP contribution in [-0.4, -0.2) is 25.1 Å². The molecule has 0 aliphatic carbocycles. The van der Waals surface area contributed by atoms with Crippen molar-refractivity contribution >= 4 is 11.3 Å². The Balaban J connectivity index is 2.20. The minimum absolute atomic E-state index is 0.183. The smallest absolute Gasteiger partial charge is 0.119 e. The van der Waals surface area contributed by atoms with Crippen LogP contribution in [-0.2, 0) is 0 Å². The first-order valence-electron chi connectivity index (χ1n) is 7.35. The SMILES string of the molecule is CCOc1cccc(C(CN)N(C)C(C)c2cccs2)c1. The summed E-state index contributed by atoms with van der Waals surface area (Å²) < 4.78 is 5.60. The van der Waals surface area contributed by atoms with E-state index in [0.717, 1.165) is 5.75 Å². The highest BCUT2D eigenvalue weighted by molar-refractivity contribution is 7.10. The van der Waals surface area contributed by atoms with Gasteiger partial charge in [-0.3, -0.25) is 4.90 Å². The zero-order valence-electron chi connectivity index (χ0n) is 13.0. The van der Waals surface area contributed by atoms with Gasteiger partial charge in [0.05, 0.1) is 6.61 Å². The number of nitrogens with two attached hydrogens (primary N) is 1. The molecule has 0 spiro atoms. The molecule has 0 radical (unpaired) electrons. The largest absolute Gasteiger partial charge is 0.494 e. The van der Waals surface area contributed by atoms with Crippen LogP contribution in [0, 0.1) is 0 Å². The number of rotatable bonds is 7. The van der Waals surface area contributed by atoms with E-state index in [1.807, 2.05) is 19.1 Å². The molecule has 2 rings (SSSR count). The second-order valence-corrected chi connectivity index (χ2v) is 6.09. The van der Waals surface area contributed by atoms with Gasteiger partial charge in [0.15, 0.2) is 0 Å². The number of hydrogen-bond donors (Lipinski definition) is 1. The number of nitrogens with zero attached hydrogens (tertiary/aromatic N) is 1. The van der Waals surface area contributed by atoms with E-state index in [-0.39, 0.29) is 6.04 Å². The number of hydrogen-bond acceptors (Lipinski definition) is 4. The molecule has 1 heterocycles. The van der Waals surface area contributed by atoms with E-state index in [1.54, 1.807) is 11.3 Å². The molecule has 1 aromatic heterocycles. The number of likely N-dealkylation sites (N-methyl/N-ethyl adjacent to an activating group) is 1. The fourth-order valence-electron chi connectivity index (χ4n) is 2.52. The summed E-state index contributed by atoms with van der Waals surface area (Å²) >= 11 is 1.79. The van der Waals surface area contributed by atoms with Crippen molar-refractivity contribution < 1.29 is 4.74 Å². The van der Waals surface area contributed by atoms with Crippen LogP contribution >= 0.6 is 11.3 Å². The molecule has 0 bridgehead atoms. The number of ether oxygens (including phenoxy) is 1. The van der Waals surface area contributed by atoms with Crippen LogP contribution in [0.25, 0.3) is 0 Å². The highest BCUT2D eigenvalue weighted by Gasteiger charge is 2.22. The number of benzene rings is 1. The van der Waals surface area contributed by atoms with E-state index in [1.165, 1.54) is 10.4 Å². The van der Waals surface area contributed by atoms with Crippen molar-refractivity contribution in [3.8, 4) is 5.75 Å². The van der Waals surface area contributed by atoms with Gasteiger partial charge in [-0.25, -0.2) is 0 Å². The van der Waals surface area contributed by atoms with Crippen molar-refractivity contribution in [1.82, 2.24) is 4.90 Å². The summed E-state index contributed by atoms with van der Waals surface area (Å²) in [4.78, 5) is 3.69. The Labute approximate surface area is 131 Å². The molecule has 4 heteroatoms. The molecule has 21 heavy (non-hydrogen) atoms. The third-order valence-corrected chi connectivity index (χ3v) is 4.88. The molecule has 2 atom stereocenters. The average Bonchev–Trinajstić information content (AvgIpc) is 3.02. The zero-order chi connectivity index (χ0) is 15.2. The lowest BCUT2D eigenvalue weighted by molar-refractivity contribution is 0.192. The summed E-state index contributed by atoms with van der Waals surface area (Å²) in [5.74, 6) is 0.908. The van der Waals surface area contributed by atoms with E-state index < -0.39 is 0 Å². The highest BCUT2D eigenvalue weighted by Crippen LogP contribution is 2.31. The van der Waals surface area contributed by atoms with Crippen LogP contribution in [0.4, 0.5) is 0 Å². The summed E-state index contributed by atoms with van der Waals surface area (Å²) in [6.07, 6.45) is 0. The third kappa shape index (κ3) is 3.84. The molecular weight excluding hydrogens is 280 g/mol. The van der Waals surface area contributed by atoms with E-state index in [4.69, 9.17) is 10.5 Å². The van der Waals surface area contributed by atoms with E-state index >= 15 is 0 Å². The predicted molar refractivity (Wildman–Crippen MR) is 89.9 cm³/mol. The second kappa shape index (κ2) is 7.59. The minimum Gasteiger partial charge on any atom is -0.494 e. The molecule has 2 aromatic rings. The van der Waals surface area contributed by atoms with Crippen molar-refractivity contribution in [1.29, 1.82) is 0 Å². The van der Waals surface area contributed by atoms with Crippen molar-refractivity contribution in [2.45, 2.75) is 25.9 Å². The van der Waals surface area contributed by atoms with Gasteiger partial charge in [0.1, 0.15) is 5.75 Å². The molecule has 114 valence electrons. The fourth-order valence-corrected chi connectivity index (χ4v) is 3.35. The summed E-state index contributed by atoms with van der Waals surface area (Å²) in [7, 11) is 2.13. The van der Waals surface area contributed by atoms with Gasteiger partial charge in [-0.1, -0.05) is 18.2 Å². The average molecular weight is 304 g/mol. The molecule has 0 aliphatic rings. The van der Waals surface area contributed by atoms with Gasteiger partial charge in [0.2, 0.25) is 0 Å². The lowest BCUT2D eigenvalue weighted by atomic mass is 10.0. The molecule has 2 N–H and O–H groups in total. The highest BCUT2D eigenvalue weighted by atomic mass is 32.1. The van der Waals surface area contributed by atoms with Gasteiger partial charge in [0, 0.05) is 23.5 Å². The molecule has 1 aromatic carbocycles. The van der Waals surface area contributed by atoms with Gasteiger partial charge >= 0.3 is 0 Å². The third-order valence-electron chi connectivity index (χ3n) is 3.83. The first-order chi connectivity index (χ1) is 10.2. The van der Waals surface area contributed by atoms with Crippen LogP contribution in [0.3, 0.4) is 0 Å². The normalized spacial score (nSPS) is 14.1. The van der Waals surface area contributed by atoms with Crippen LogP contribution in [0.1, 0.15) is 36.4 Å². The Kier molecular flexibility index (Phi) is 5.79. The molecular formula is C17H24N2OS. The van der Waals surface area contributed by atoms with Gasteiger partial charge in [-0.05, 0) is 50.0 Å². The first kappa shape index (κ1) is 16.0. The molecule has 2 unspecified atom stereocenters. The Morgan fingerprint density at radius 1 is 1.29 bits per heavy atom. The van der Waals surface area contributed by atoms with Crippen LogP contribution < -0.4 is 10.5 Å². The van der Waals surface area contributed by atoms with Crippen LogP contribution in [0.5, 0.6) is 5.75 Å². The maximum absolute atomic E-state index is 6.04. The van der Waals surface area contributed by atoms with Crippen LogP contribution in [0.2, 0.25) is 0 Å². The van der Waals surface area contributed by atoms with Crippen molar-refractivity contribution in [3.63, 3.8) is 0 Å². The van der Waals surface area contributed by atoms with E-state index in [0.29, 0.717) is 19.2 Å². The van der Waals surface area contributed by atoms with Gasteiger partial charge in [-0.2, -0.15) is 0 Å². The lowest BCUT2D eigenvalue weighted by Gasteiger charge is -2.32. The summed E-state index contributed by atoms with van der Waals surface area (Å²) in [6.45, 7) is 5.49. The number of thiophene rings is 1. The standard InChI is InChI=1S/C17H24N2OS/c1-4-20-15-8-5-7-14(11-15)16(12-18)19(3)13(2)17-9-6-10-21-17/h5-11,13,16H,4,12,18H2,1-3H3. The molecule has 0 saturated carbocycles. The van der Waals surface area contributed by atoms with Gasteiger partial charge < -0.3 is 10.5 Å². The van der Waals surface area contributed by atoms with Crippen molar-refractivity contribution in [3.05, 3.63) is 52.2 Å². The summed E-state index contributed by atoms with van der Waals surface area (Å²) in [6, 6.07) is 13.0. The molecule has 0 fully saturated rings. The van der Waals surface area contributed by atoms with Crippen molar-refractivity contribution in [2.75, 3.05) is 20.2 Å². The Bertz CT molecular complexity index is 541. The lowest BCUT2D eigenvalue weighted by Crippen LogP contribution is -2.32. The van der Waals surface area contributed by atoms with E-state index in [9.17, 15) is 0 Å². The predicted octanol–water partition coefficient (Wildman–Crippen LogP) is 3.84. The zero-order valence-corrected chi connectivity index (χ0v) is 13.8. The maximum Gasteiger partial charge on any atom is 0.119 e. The quantitative estimate of drug-likeness (QED) is 0.844. The summed E-state index contributed by atoms with van der Waals surface area (Å²) in [5.41, 5.74) is 7.24. The molecule has 0 saturated heterocycles. The van der Waals surface area contributed by atoms with Gasteiger partial charge in [0.25, 0.3) is 0 Å². The van der Waals surface area contributed by atoms with Gasteiger partial charge in [-0.15, -0.1) is 11.3 Å². The van der Waals surface area contributed by atoms with E-state index in [2.05, 4.69) is 48.5 Å². The second-order valence-electron chi connectivity index (χ2n) is 5.11. The van der Waals surface area contributed by atoms with Crippen molar-refractivity contribution in [2.24, 2.45) is 5.73 Å². The van der Waals surface area contributed by atoms with Crippen LogP contribution in [0.15, 0.2) is 41.8 Å². The maximum atomic E-state index is 6.04. The topological polar surface area (TPSA) is 38.5 Å². The summed E-state index contributed by atoms with van der Waals surface area (Å²) in [5, 5.41) is 2.12. The molecule has 0 amide bonds. The Morgan fingerprint density at radius 3 is 2.71 bits per heavy atom. The minimum atomic E-state index is 0.183. The Morgan fingerprint density at radius 2 is 2.10 bits per heavy atom.